The van der Waals surface area contributed by atoms with Crippen molar-refractivity contribution in [2.24, 2.45) is 0 Å². The fourth-order valence-electron chi connectivity index (χ4n) is 1.80. The van der Waals surface area contributed by atoms with E-state index in [0.717, 1.165) is 17.7 Å². The smallest absolute Gasteiger partial charge is 0.338 e. The van der Waals surface area contributed by atoms with Crippen LogP contribution in [0.5, 0.6) is 0 Å². The Kier molecular flexibility index (Phi) is 6.88. The monoisotopic (exact) mass is 266 g/mol. The van der Waals surface area contributed by atoms with Crippen molar-refractivity contribution < 1.29 is 9.53 Å². The van der Waals surface area contributed by atoms with Gasteiger partial charge in [-0.2, -0.15) is 0 Å². The third-order valence-electron chi connectivity index (χ3n) is 2.85. The van der Waals surface area contributed by atoms with E-state index in [0.29, 0.717) is 5.56 Å². The Hall–Kier alpha value is -0.960. The molecule has 1 unspecified atom stereocenters. The predicted octanol–water partition coefficient (Wildman–Crippen LogP) is 4.49. The first kappa shape index (κ1) is 15.1. The van der Waals surface area contributed by atoms with E-state index in [9.17, 15) is 4.79 Å². The van der Waals surface area contributed by atoms with E-state index in [-0.39, 0.29) is 12.1 Å². The molecule has 0 spiro atoms. The number of rotatable bonds is 7. The van der Waals surface area contributed by atoms with Gasteiger partial charge in [0, 0.05) is 4.90 Å². The first-order valence-electron chi connectivity index (χ1n) is 6.63. The number of esters is 1. The minimum Gasteiger partial charge on any atom is -0.459 e. The molecule has 0 amide bonds. The van der Waals surface area contributed by atoms with Crippen molar-refractivity contribution in [2.75, 3.05) is 0 Å². The van der Waals surface area contributed by atoms with Crippen molar-refractivity contribution in [1.82, 2.24) is 0 Å². The summed E-state index contributed by atoms with van der Waals surface area (Å²) in [5.41, 5.74) is 0.572. The largest absolute Gasteiger partial charge is 0.459 e. The molecule has 18 heavy (non-hydrogen) atoms. The zero-order chi connectivity index (χ0) is 13.4. The second-order valence-electron chi connectivity index (χ2n) is 4.62. The van der Waals surface area contributed by atoms with Crippen LogP contribution in [-0.2, 0) is 4.74 Å². The van der Waals surface area contributed by atoms with Crippen LogP contribution in [-0.4, -0.2) is 12.1 Å². The van der Waals surface area contributed by atoms with E-state index in [1.54, 1.807) is 12.1 Å². The van der Waals surface area contributed by atoms with Crippen LogP contribution in [0.2, 0.25) is 0 Å². The van der Waals surface area contributed by atoms with Crippen LogP contribution in [0, 0.1) is 0 Å². The summed E-state index contributed by atoms with van der Waals surface area (Å²) in [7, 11) is 0. The molecule has 0 aromatic heterocycles. The molecule has 0 saturated heterocycles. The van der Waals surface area contributed by atoms with Gasteiger partial charge in [-0.05, 0) is 38.0 Å². The second-order valence-corrected chi connectivity index (χ2v) is 5.13. The molecule has 2 nitrogen and oxygen atoms in total. The molecule has 0 aliphatic rings. The molecule has 100 valence electrons. The fourth-order valence-corrected chi connectivity index (χ4v) is 2.03. The predicted molar refractivity (Wildman–Crippen MR) is 77.3 cm³/mol. The number of hydrogen-bond donors (Lipinski definition) is 1. The lowest BCUT2D eigenvalue weighted by Crippen LogP contribution is -2.15. The summed E-state index contributed by atoms with van der Waals surface area (Å²) in [5.74, 6) is -0.256. The number of unbranched alkanes of at least 4 members (excludes halogenated alkanes) is 3. The maximum atomic E-state index is 11.8. The topological polar surface area (TPSA) is 26.3 Å². The average molecular weight is 266 g/mol. The highest BCUT2D eigenvalue weighted by molar-refractivity contribution is 7.80. The van der Waals surface area contributed by atoms with Crippen LogP contribution in [0.25, 0.3) is 0 Å². The Balaban J connectivity index is 2.35. The number of carbonyl (C=O) groups is 1. The summed E-state index contributed by atoms with van der Waals surface area (Å²) < 4.78 is 5.40. The molecule has 0 aliphatic heterocycles. The van der Waals surface area contributed by atoms with Crippen molar-refractivity contribution in [2.45, 2.75) is 57.0 Å². The van der Waals surface area contributed by atoms with Gasteiger partial charge in [0.15, 0.2) is 0 Å². The highest BCUT2D eigenvalue weighted by atomic mass is 32.1. The van der Waals surface area contributed by atoms with Crippen molar-refractivity contribution >= 4 is 18.6 Å². The van der Waals surface area contributed by atoms with Crippen LogP contribution in [0.15, 0.2) is 29.2 Å². The summed E-state index contributed by atoms with van der Waals surface area (Å²) >= 11 is 4.21. The third kappa shape index (κ3) is 5.58. The molecule has 1 rings (SSSR count). The molecule has 1 aromatic rings. The van der Waals surface area contributed by atoms with Gasteiger partial charge in [-0.3, -0.25) is 0 Å². The molecule has 0 bridgehead atoms. The summed E-state index contributed by atoms with van der Waals surface area (Å²) in [5, 5.41) is 0. The molecule has 0 radical (unpaired) electrons. The van der Waals surface area contributed by atoms with Gasteiger partial charge in [-0.15, -0.1) is 12.6 Å². The number of carbonyl (C=O) groups excluding carboxylic acids is 1. The van der Waals surface area contributed by atoms with Crippen molar-refractivity contribution in [1.29, 1.82) is 0 Å². The Labute approximate surface area is 115 Å². The van der Waals surface area contributed by atoms with E-state index < -0.39 is 0 Å². The number of thiol groups is 1. The standard InChI is InChI=1S/C15H22O2S/c1-3-4-5-6-8-12(2)17-15(16)13-9-7-10-14(18)11-13/h7,9-12,18H,3-6,8H2,1-2H3. The van der Waals surface area contributed by atoms with E-state index in [1.807, 2.05) is 19.1 Å². The maximum Gasteiger partial charge on any atom is 0.338 e. The van der Waals surface area contributed by atoms with Gasteiger partial charge in [-0.25, -0.2) is 4.79 Å². The molecular formula is C15H22O2S. The highest BCUT2D eigenvalue weighted by Gasteiger charge is 2.11. The van der Waals surface area contributed by atoms with Crippen molar-refractivity contribution in [3.05, 3.63) is 29.8 Å². The molecular weight excluding hydrogens is 244 g/mol. The zero-order valence-corrected chi connectivity index (χ0v) is 12.1. The first-order chi connectivity index (χ1) is 8.63. The van der Waals surface area contributed by atoms with E-state index >= 15 is 0 Å². The van der Waals surface area contributed by atoms with Gasteiger partial charge in [-0.1, -0.05) is 32.3 Å². The summed E-state index contributed by atoms with van der Waals surface area (Å²) in [4.78, 5) is 12.6. The quantitative estimate of drug-likeness (QED) is 0.447. The highest BCUT2D eigenvalue weighted by Crippen LogP contribution is 2.13. The minimum atomic E-state index is -0.256. The van der Waals surface area contributed by atoms with Crippen LogP contribution < -0.4 is 0 Å². The molecule has 0 saturated carbocycles. The second kappa shape index (κ2) is 8.20. The Bertz CT molecular complexity index is 377. The minimum absolute atomic E-state index is 0.0158. The molecule has 1 aromatic carbocycles. The SMILES string of the molecule is CCCCCCC(C)OC(=O)c1cccc(S)c1. The normalized spacial score (nSPS) is 12.2. The van der Waals surface area contributed by atoms with Gasteiger partial charge in [0.05, 0.1) is 11.7 Å². The molecule has 0 heterocycles. The van der Waals surface area contributed by atoms with Gasteiger partial charge in [0.2, 0.25) is 0 Å². The van der Waals surface area contributed by atoms with Crippen LogP contribution in [0.4, 0.5) is 0 Å². The van der Waals surface area contributed by atoms with Crippen molar-refractivity contribution in [3.63, 3.8) is 0 Å². The third-order valence-corrected chi connectivity index (χ3v) is 3.13. The van der Waals surface area contributed by atoms with E-state index in [2.05, 4.69) is 19.6 Å². The lowest BCUT2D eigenvalue weighted by molar-refractivity contribution is 0.0319. The van der Waals surface area contributed by atoms with Crippen LogP contribution in [0.1, 0.15) is 56.3 Å². The number of ether oxygens (including phenoxy) is 1. The Morgan fingerprint density at radius 1 is 1.33 bits per heavy atom. The van der Waals surface area contributed by atoms with Crippen LogP contribution >= 0.6 is 12.6 Å². The Morgan fingerprint density at radius 2 is 2.11 bits per heavy atom. The Morgan fingerprint density at radius 3 is 2.78 bits per heavy atom. The van der Waals surface area contributed by atoms with E-state index in [1.165, 1.54) is 19.3 Å². The molecule has 0 fully saturated rings. The van der Waals surface area contributed by atoms with Gasteiger partial charge in [0.1, 0.15) is 0 Å². The summed E-state index contributed by atoms with van der Waals surface area (Å²) in [6, 6.07) is 7.14. The molecule has 1 atom stereocenters. The summed E-state index contributed by atoms with van der Waals surface area (Å²) in [6.07, 6.45) is 5.73. The lowest BCUT2D eigenvalue weighted by atomic mass is 10.1. The molecule has 0 aliphatic carbocycles. The average Bonchev–Trinajstić information content (AvgIpc) is 2.34. The maximum absolute atomic E-state index is 11.8. The zero-order valence-electron chi connectivity index (χ0n) is 11.2. The molecule has 0 N–H and O–H groups in total. The van der Waals surface area contributed by atoms with Crippen LogP contribution in [0.3, 0.4) is 0 Å². The van der Waals surface area contributed by atoms with E-state index in [4.69, 9.17) is 4.74 Å². The van der Waals surface area contributed by atoms with Gasteiger partial charge >= 0.3 is 5.97 Å². The molecule has 3 heteroatoms. The number of hydrogen-bond acceptors (Lipinski definition) is 3. The fraction of sp³-hybridized carbons (Fsp3) is 0.533. The van der Waals surface area contributed by atoms with Gasteiger partial charge in [0.25, 0.3) is 0 Å². The lowest BCUT2D eigenvalue weighted by Gasteiger charge is -2.13. The summed E-state index contributed by atoms with van der Waals surface area (Å²) in [6.45, 7) is 4.14. The van der Waals surface area contributed by atoms with Crippen molar-refractivity contribution in [3.8, 4) is 0 Å². The first-order valence-corrected chi connectivity index (χ1v) is 7.08. The van der Waals surface area contributed by atoms with Gasteiger partial charge < -0.3 is 4.74 Å². The number of benzene rings is 1.